The molecule has 0 fully saturated rings. The van der Waals surface area contributed by atoms with Gasteiger partial charge in [0.2, 0.25) is 0 Å². The van der Waals surface area contributed by atoms with E-state index < -0.39 is 6.10 Å². The molecule has 0 aliphatic heterocycles. The van der Waals surface area contributed by atoms with Crippen LogP contribution in [0.1, 0.15) is 30.3 Å². The summed E-state index contributed by atoms with van der Waals surface area (Å²) < 4.78 is 15.3. The molecule has 1 atom stereocenters. The number of ether oxygens (including phenoxy) is 2. The number of aliphatic hydroxyl groups is 1. The lowest BCUT2D eigenvalue weighted by molar-refractivity contribution is 0.151. The van der Waals surface area contributed by atoms with E-state index >= 15 is 0 Å². The Morgan fingerprint density at radius 3 is 2.58 bits per heavy atom. The molecule has 0 bridgehead atoms. The summed E-state index contributed by atoms with van der Waals surface area (Å²) in [7, 11) is 3.17. The zero-order valence-electron chi connectivity index (χ0n) is 11.1. The molecule has 1 aromatic heterocycles. The van der Waals surface area contributed by atoms with Crippen LogP contribution in [0.4, 0.5) is 0 Å². The second kappa shape index (κ2) is 5.71. The Bertz CT molecular complexity index is 551. The largest absolute Gasteiger partial charge is 0.493 e. The van der Waals surface area contributed by atoms with Crippen molar-refractivity contribution in [2.24, 2.45) is 0 Å². The van der Waals surface area contributed by atoms with Crippen molar-refractivity contribution in [3.8, 4) is 11.5 Å². The standard InChI is InChI=1S/C13H16N2O4/c1-8(16)13-14-12(15-19-13)7-9-4-5-10(17-2)11(6-9)18-3/h4-6,8,16H,7H2,1-3H3. The van der Waals surface area contributed by atoms with E-state index in [4.69, 9.17) is 14.0 Å². The molecule has 6 nitrogen and oxygen atoms in total. The minimum absolute atomic E-state index is 0.218. The Labute approximate surface area is 111 Å². The molecule has 2 aromatic rings. The van der Waals surface area contributed by atoms with Gasteiger partial charge in [0.1, 0.15) is 6.10 Å². The topological polar surface area (TPSA) is 77.6 Å². The molecule has 1 aromatic carbocycles. The summed E-state index contributed by atoms with van der Waals surface area (Å²) in [5.41, 5.74) is 0.968. The average molecular weight is 264 g/mol. The highest BCUT2D eigenvalue weighted by molar-refractivity contribution is 5.43. The molecule has 1 unspecified atom stereocenters. The third kappa shape index (κ3) is 3.03. The van der Waals surface area contributed by atoms with Gasteiger partial charge in [-0.25, -0.2) is 0 Å². The smallest absolute Gasteiger partial charge is 0.255 e. The summed E-state index contributed by atoms with van der Waals surface area (Å²) in [6, 6.07) is 5.58. The number of nitrogens with zero attached hydrogens (tertiary/aromatic N) is 2. The molecule has 6 heteroatoms. The Morgan fingerprint density at radius 2 is 2.00 bits per heavy atom. The van der Waals surface area contributed by atoms with Crippen LogP contribution < -0.4 is 9.47 Å². The lowest BCUT2D eigenvalue weighted by atomic mass is 10.1. The highest BCUT2D eigenvalue weighted by Crippen LogP contribution is 2.28. The van der Waals surface area contributed by atoms with Crippen molar-refractivity contribution < 1.29 is 19.1 Å². The van der Waals surface area contributed by atoms with Gasteiger partial charge < -0.3 is 19.1 Å². The van der Waals surface area contributed by atoms with Crippen molar-refractivity contribution in [2.45, 2.75) is 19.4 Å². The Balaban J connectivity index is 2.18. The Hall–Kier alpha value is -2.08. The minimum atomic E-state index is -0.758. The molecule has 0 saturated carbocycles. The van der Waals surface area contributed by atoms with Gasteiger partial charge in [-0.05, 0) is 24.6 Å². The fraction of sp³-hybridized carbons (Fsp3) is 0.385. The van der Waals surface area contributed by atoms with Crippen LogP contribution in [0.5, 0.6) is 11.5 Å². The molecule has 1 heterocycles. The fourth-order valence-electron chi connectivity index (χ4n) is 1.68. The lowest BCUT2D eigenvalue weighted by Crippen LogP contribution is -1.96. The van der Waals surface area contributed by atoms with Crippen LogP contribution in [0.15, 0.2) is 22.7 Å². The maximum atomic E-state index is 9.32. The first kappa shape index (κ1) is 13.4. The third-order valence-electron chi connectivity index (χ3n) is 2.65. The summed E-state index contributed by atoms with van der Waals surface area (Å²) in [5.74, 6) is 2.06. The van der Waals surface area contributed by atoms with E-state index in [9.17, 15) is 5.11 Å². The van der Waals surface area contributed by atoms with E-state index in [0.717, 1.165) is 5.56 Å². The summed E-state index contributed by atoms with van der Waals surface area (Å²) in [5, 5.41) is 13.1. The van der Waals surface area contributed by atoms with Gasteiger partial charge >= 0.3 is 0 Å². The highest BCUT2D eigenvalue weighted by Gasteiger charge is 2.12. The maximum Gasteiger partial charge on any atom is 0.255 e. The summed E-state index contributed by atoms with van der Waals surface area (Å²) in [4.78, 5) is 4.10. The molecule has 0 aliphatic rings. The van der Waals surface area contributed by atoms with E-state index in [1.807, 2.05) is 18.2 Å². The average Bonchev–Trinajstić information content (AvgIpc) is 2.87. The van der Waals surface area contributed by atoms with Crippen LogP contribution >= 0.6 is 0 Å². The number of benzene rings is 1. The van der Waals surface area contributed by atoms with Crippen molar-refractivity contribution in [2.75, 3.05) is 14.2 Å². The molecule has 0 saturated heterocycles. The normalized spacial score (nSPS) is 12.2. The zero-order valence-corrected chi connectivity index (χ0v) is 11.1. The number of aliphatic hydroxyl groups excluding tert-OH is 1. The molecule has 102 valence electrons. The quantitative estimate of drug-likeness (QED) is 0.886. The molecule has 1 N–H and O–H groups in total. The highest BCUT2D eigenvalue weighted by atomic mass is 16.5. The van der Waals surface area contributed by atoms with Gasteiger partial charge in [-0.15, -0.1) is 0 Å². The van der Waals surface area contributed by atoms with E-state index in [2.05, 4.69) is 10.1 Å². The predicted octanol–water partition coefficient (Wildman–Crippen LogP) is 1.73. The number of methoxy groups -OCH3 is 2. The minimum Gasteiger partial charge on any atom is -0.493 e. The predicted molar refractivity (Wildman–Crippen MR) is 67.3 cm³/mol. The second-order valence-corrected chi connectivity index (χ2v) is 4.09. The van der Waals surface area contributed by atoms with E-state index in [-0.39, 0.29) is 5.89 Å². The van der Waals surface area contributed by atoms with Crippen LogP contribution in [0.3, 0.4) is 0 Å². The number of hydrogen-bond acceptors (Lipinski definition) is 6. The first-order valence-corrected chi connectivity index (χ1v) is 5.85. The van der Waals surface area contributed by atoms with Crippen LogP contribution in [0.25, 0.3) is 0 Å². The summed E-state index contributed by atoms with van der Waals surface area (Å²) in [6.45, 7) is 1.58. The first-order valence-electron chi connectivity index (χ1n) is 5.85. The molecular weight excluding hydrogens is 248 g/mol. The molecule has 19 heavy (non-hydrogen) atoms. The number of rotatable bonds is 5. The van der Waals surface area contributed by atoms with Crippen LogP contribution in [0.2, 0.25) is 0 Å². The van der Waals surface area contributed by atoms with Crippen LogP contribution in [-0.2, 0) is 6.42 Å². The fourth-order valence-corrected chi connectivity index (χ4v) is 1.68. The Morgan fingerprint density at radius 1 is 1.26 bits per heavy atom. The van der Waals surface area contributed by atoms with Gasteiger partial charge in [0.15, 0.2) is 17.3 Å². The molecular formula is C13H16N2O4. The number of aromatic nitrogens is 2. The second-order valence-electron chi connectivity index (χ2n) is 4.09. The molecule has 2 rings (SSSR count). The van der Waals surface area contributed by atoms with Crippen molar-refractivity contribution >= 4 is 0 Å². The van der Waals surface area contributed by atoms with Gasteiger partial charge in [-0.1, -0.05) is 11.2 Å². The summed E-state index contributed by atoms with van der Waals surface area (Å²) in [6.07, 6.45) is -0.261. The van der Waals surface area contributed by atoms with Gasteiger partial charge in [-0.3, -0.25) is 0 Å². The monoisotopic (exact) mass is 264 g/mol. The zero-order chi connectivity index (χ0) is 13.8. The van der Waals surface area contributed by atoms with Crippen molar-refractivity contribution in [3.05, 3.63) is 35.5 Å². The number of hydrogen-bond donors (Lipinski definition) is 1. The van der Waals surface area contributed by atoms with E-state index in [0.29, 0.717) is 23.7 Å². The molecule has 0 spiro atoms. The van der Waals surface area contributed by atoms with Crippen molar-refractivity contribution in [3.63, 3.8) is 0 Å². The van der Waals surface area contributed by atoms with Gasteiger partial charge in [0, 0.05) is 6.42 Å². The van der Waals surface area contributed by atoms with Crippen LogP contribution in [0, 0.1) is 0 Å². The SMILES string of the molecule is COc1ccc(Cc2noc(C(C)O)n2)cc1OC. The van der Waals surface area contributed by atoms with Gasteiger partial charge in [0.25, 0.3) is 5.89 Å². The summed E-state index contributed by atoms with van der Waals surface area (Å²) >= 11 is 0. The molecule has 0 aliphatic carbocycles. The van der Waals surface area contributed by atoms with Gasteiger partial charge in [0.05, 0.1) is 14.2 Å². The maximum absolute atomic E-state index is 9.32. The lowest BCUT2D eigenvalue weighted by Gasteiger charge is -2.08. The third-order valence-corrected chi connectivity index (χ3v) is 2.65. The van der Waals surface area contributed by atoms with Gasteiger partial charge in [-0.2, -0.15) is 4.98 Å². The van der Waals surface area contributed by atoms with E-state index in [1.165, 1.54) is 0 Å². The molecule has 0 radical (unpaired) electrons. The Kier molecular flexibility index (Phi) is 4.01. The van der Waals surface area contributed by atoms with Crippen molar-refractivity contribution in [1.29, 1.82) is 0 Å². The first-order chi connectivity index (χ1) is 9.13. The molecule has 0 amide bonds. The van der Waals surface area contributed by atoms with E-state index in [1.54, 1.807) is 21.1 Å². The van der Waals surface area contributed by atoms with Crippen LogP contribution in [-0.4, -0.2) is 29.5 Å². The van der Waals surface area contributed by atoms with Crippen molar-refractivity contribution in [1.82, 2.24) is 10.1 Å².